The largest absolute Gasteiger partial charge is 0.466 e. The molecule has 0 bridgehead atoms. The van der Waals surface area contributed by atoms with E-state index >= 15 is 0 Å². The lowest BCUT2D eigenvalue weighted by Gasteiger charge is -2.19. The Morgan fingerprint density at radius 3 is 1.25 bits per heavy atom. The maximum Gasteiger partial charge on any atom is 0.306 e. The van der Waals surface area contributed by atoms with Crippen molar-refractivity contribution in [3.05, 3.63) is 0 Å². The van der Waals surface area contributed by atoms with Gasteiger partial charge in [0.25, 0.3) is 0 Å². The van der Waals surface area contributed by atoms with Crippen LogP contribution in [0.25, 0.3) is 0 Å². The van der Waals surface area contributed by atoms with Crippen LogP contribution in [0.15, 0.2) is 0 Å². The van der Waals surface area contributed by atoms with Gasteiger partial charge in [-0.05, 0) is 63.7 Å². The first-order valence-electron chi connectivity index (χ1n) is 24.7. The topological polar surface area (TPSA) is 93.1 Å². The van der Waals surface area contributed by atoms with Crippen LogP contribution in [0, 0.1) is 5.92 Å². The van der Waals surface area contributed by atoms with Gasteiger partial charge in [0.1, 0.15) is 6.10 Å². The maximum atomic E-state index is 12.8. The SMILES string of the molecule is CCCCCCCCCOC(=O)CCCCCCCC(CCCCCCCC(=O)OC(CCCCCCCC)CCCCCCCCC)CCCN(O)C(C)=O. The zero-order valence-electron chi connectivity index (χ0n) is 37.9. The summed E-state index contributed by atoms with van der Waals surface area (Å²) in [6, 6.07) is 0. The van der Waals surface area contributed by atoms with Crippen molar-refractivity contribution in [3.8, 4) is 0 Å². The Morgan fingerprint density at radius 1 is 0.446 bits per heavy atom. The van der Waals surface area contributed by atoms with Gasteiger partial charge in [-0.1, -0.05) is 194 Å². The fraction of sp³-hybridized carbons (Fsp3) is 0.939. The van der Waals surface area contributed by atoms with E-state index in [0.29, 0.717) is 31.9 Å². The average molecular weight is 794 g/mol. The Balaban J connectivity index is 4.33. The Morgan fingerprint density at radius 2 is 0.804 bits per heavy atom. The summed E-state index contributed by atoms with van der Waals surface area (Å²) in [5.74, 6) is 0.271. The molecule has 7 nitrogen and oxygen atoms in total. The number of carbonyl (C=O) groups is 3. The number of hydroxylamine groups is 2. The highest BCUT2D eigenvalue weighted by atomic mass is 16.5. The van der Waals surface area contributed by atoms with Crippen LogP contribution in [0.1, 0.15) is 272 Å². The van der Waals surface area contributed by atoms with Crippen LogP contribution in [-0.4, -0.2) is 47.4 Å². The highest BCUT2D eigenvalue weighted by Gasteiger charge is 2.15. The Kier molecular flexibility index (Phi) is 41.7. The molecule has 0 heterocycles. The number of rotatable bonds is 44. The summed E-state index contributed by atoms with van der Waals surface area (Å²) in [5, 5.41) is 10.7. The molecule has 0 radical (unpaired) electrons. The second kappa shape index (κ2) is 43.0. The summed E-state index contributed by atoms with van der Waals surface area (Å²) < 4.78 is 11.5. The molecule has 2 unspecified atom stereocenters. The number of unbranched alkanes of at least 4 members (excludes halogenated alkanes) is 25. The number of esters is 2. The quantitative estimate of drug-likeness (QED) is 0.0286. The molecule has 1 N–H and O–H groups in total. The van der Waals surface area contributed by atoms with Gasteiger partial charge in [0.15, 0.2) is 0 Å². The zero-order valence-corrected chi connectivity index (χ0v) is 37.9. The van der Waals surface area contributed by atoms with E-state index in [1.54, 1.807) is 0 Å². The molecule has 2 atom stereocenters. The van der Waals surface area contributed by atoms with Crippen LogP contribution in [0.4, 0.5) is 0 Å². The van der Waals surface area contributed by atoms with Gasteiger partial charge in [-0.15, -0.1) is 0 Å². The molecule has 7 heteroatoms. The van der Waals surface area contributed by atoms with E-state index in [9.17, 15) is 19.6 Å². The molecule has 0 fully saturated rings. The average Bonchev–Trinajstić information content (AvgIpc) is 3.18. The first kappa shape index (κ1) is 54.4. The number of nitrogens with zero attached hydrogens (tertiary/aromatic N) is 1. The van der Waals surface area contributed by atoms with E-state index in [4.69, 9.17) is 9.47 Å². The fourth-order valence-corrected chi connectivity index (χ4v) is 7.89. The van der Waals surface area contributed by atoms with Crippen LogP contribution >= 0.6 is 0 Å². The summed E-state index contributed by atoms with van der Waals surface area (Å²) >= 11 is 0. The van der Waals surface area contributed by atoms with Crippen LogP contribution in [0.5, 0.6) is 0 Å². The maximum absolute atomic E-state index is 12.8. The van der Waals surface area contributed by atoms with Crippen molar-refractivity contribution in [3.63, 3.8) is 0 Å². The molecule has 0 aromatic heterocycles. The molecule has 0 rings (SSSR count). The molecule has 0 aromatic carbocycles. The van der Waals surface area contributed by atoms with E-state index in [2.05, 4.69) is 20.8 Å². The predicted molar refractivity (Wildman–Crippen MR) is 236 cm³/mol. The molecule has 56 heavy (non-hydrogen) atoms. The second-order valence-electron chi connectivity index (χ2n) is 17.2. The standard InChI is InChI=1S/C49H95NO6/c1-5-8-11-14-17-24-31-40-47(39-30-23-16-13-10-7-3)56-49(53)42-33-26-20-22-29-37-46(38-35-43-50(54)45(4)51)36-28-21-19-25-32-41-48(52)55-44-34-27-18-15-12-9-6-2/h46-47,54H,5-44H2,1-4H3. The molecule has 0 aliphatic rings. The van der Waals surface area contributed by atoms with Crippen molar-refractivity contribution < 1.29 is 29.1 Å². The van der Waals surface area contributed by atoms with Crippen molar-refractivity contribution in [1.29, 1.82) is 0 Å². The number of carbonyl (C=O) groups excluding carboxylic acids is 3. The van der Waals surface area contributed by atoms with Gasteiger partial charge in [-0.3, -0.25) is 19.6 Å². The monoisotopic (exact) mass is 794 g/mol. The van der Waals surface area contributed by atoms with Gasteiger partial charge in [0, 0.05) is 26.3 Å². The lowest BCUT2D eigenvalue weighted by Crippen LogP contribution is -2.26. The smallest absolute Gasteiger partial charge is 0.306 e. The third-order valence-electron chi connectivity index (χ3n) is 11.7. The number of hydrogen-bond donors (Lipinski definition) is 1. The Labute approximate surface area is 347 Å². The molecule has 0 aliphatic heterocycles. The second-order valence-corrected chi connectivity index (χ2v) is 17.2. The van der Waals surface area contributed by atoms with E-state index < -0.39 is 0 Å². The number of hydrogen-bond acceptors (Lipinski definition) is 6. The van der Waals surface area contributed by atoms with Gasteiger partial charge in [0.2, 0.25) is 5.91 Å². The molecule has 0 spiro atoms. The van der Waals surface area contributed by atoms with Gasteiger partial charge in [-0.25, -0.2) is 5.06 Å². The van der Waals surface area contributed by atoms with Crippen molar-refractivity contribution >= 4 is 17.8 Å². The minimum absolute atomic E-state index is 0.00576. The highest BCUT2D eigenvalue weighted by Crippen LogP contribution is 2.24. The lowest BCUT2D eigenvalue weighted by atomic mass is 9.90. The minimum Gasteiger partial charge on any atom is -0.466 e. The fourth-order valence-electron chi connectivity index (χ4n) is 7.89. The lowest BCUT2D eigenvalue weighted by molar-refractivity contribution is -0.163. The summed E-state index contributed by atoms with van der Waals surface area (Å²) in [5.41, 5.74) is 0. The van der Waals surface area contributed by atoms with Crippen LogP contribution in [-0.2, 0) is 23.9 Å². The highest BCUT2D eigenvalue weighted by molar-refractivity contribution is 5.71. The number of amides is 1. The molecule has 0 saturated carbocycles. The van der Waals surface area contributed by atoms with E-state index in [-0.39, 0.29) is 23.9 Å². The molecular weight excluding hydrogens is 699 g/mol. The zero-order chi connectivity index (χ0) is 41.2. The van der Waals surface area contributed by atoms with Gasteiger partial charge < -0.3 is 9.47 Å². The van der Waals surface area contributed by atoms with Crippen molar-refractivity contribution in [2.45, 2.75) is 278 Å². The third kappa shape index (κ3) is 39.2. The summed E-state index contributed by atoms with van der Waals surface area (Å²) in [7, 11) is 0. The van der Waals surface area contributed by atoms with Gasteiger partial charge >= 0.3 is 11.9 Å². The Hall–Kier alpha value is -1.63. The third-order valence-corrected chi connectivity index (χ3v) is 11.7. The van der Waals surface area contributed by atoms with E-state index in [0.717, 1.165) is 82.1 Å². The van der Waals surface area contributed by atoms with Crippen molar-refractivity contribution in [1.82, 2.24) is 5.06 Å². The predicted octanol–water partition coefficient (Wildman–Crippen LogP) is 15.2. The van der Waals surface area contributed by atoms with Crippen molar-refractivity contribution in [2.75, 3.05) is 13.2 Å². The Bertz CT molecular complexity index is 866. The van der Waals surface area contributed by atoms with Crippen LogP contribution < -0.4 is 0 Å². The van der Waals surface area contributed by atoms with Crippen molar-refractivity contribution in [2.24, 2.45) is 5.92 Å². The summed E-state index contributed by atoms with van der Waals surface area (Å²) in [6.45, 7) is 9.13. The summed E-state index contributed by atoms with van der Waals surface area (Å²) in [6.07, 6.45) is 43.7. The number of ether oxygens (including phenoxy) is 2. The van der Waals surface area contributed by atoms with Gasteiger partial charge in [-0.2, -0.15) is 0 Å². The molecule has 332 valence electrons. The van der Waals surface area contributed by atoms with Crippen LogP contribution in [0.3, 0.4) is 0 Å². The first-order valence-corrected chi connectivity index (χ1v) is 24.7. The molecular formula is C49H95NO6. The molecule has 0 saturated heterocycles. The van der Waals surface area contributed by atoms with Crippen LogP contribution in [0.2, 0.25) is 0 Å². The normalized spacial score (nSPS) is 12.4. The molecule has 0 aliphatic carbocycles. The van der Waals surface area contributed by atoms with E-state index in [1.807, 2.05) is 0 Å². The molecule has 1 amide bonds. The first-order chi connectivity index (χ1) is 27.3. The van der Waals surface area contributed by atoms with Gasteiger partial charge in [0.05, 0.1) is 6.61 Å². The summed E-state index contributed by atoms with van der Waals surface area (Å²) in [4.78, 5) is 36.4. The minimum atomic E-state index is -0.298. The molecule has 0 aromatic rings. The van der Waals surface area contributed by atoms with E-state index in [1.165, 1.54) is 161 Å².